The maximum Gasteiger partial charge on any atom is 0.278 e. The van der Waals surface area contributed by atoms with Gasteiger partial charge in [-0.15, -0.1) is 0 Å². The van der Waals surface area contributed by atoms with E-state index in [4.69, 9.17) is 10.1 Å². The Hall–Kier alpha value is -1.93. The molecule has 5 nitrogen and oxygen atoms in total. The number of nitrogens with zero attached hydrogens (tertiary/aromatic N) is 3. The van der Waals surface area contributed by atoms with Gasteiger partial charge in [0.25, 0.3) is 5.91 Å². The van der Waals surface area contributed by atoms with Gasteiger partial charge in [0.1, 0.15) is 11.8 Å². The number of aromatic nitrogens is 1. The summed E-state index contributed by atoms with van der Waals surface area (Å²) in [6.07, 6.45) is 1.34. The normalized spacial score (nSPS) is 9.21. The van der Waals surface area contributed by atoms with E-state index >= 15 is 0 Å². The molecule has 0 fully saturated rings. The minimum Gasteiger partial charge on any atom is -0.274 e. The first kappa shape index (κ1) is 10.2. The molecular formula is C9H9N3O2. The van der Waals surface area contributed by atoms with Gasteiger partial charge in [-0.25, -0.2) is 10.0 Å². The molecule has 72 valence electrons. The van der Waals surface area contributed by atoms with Crippen LogP contribution in [0.15, 0.2) is 18.3 Å². The Morgan fingerprint density at radius 2 is 2.36 bits per heavy atom. The summed E-state index contributed by atoms with van der Waals surface area (Å²) >= 11 is 0. The SMILES string of the molecule is CON(C)C(=O)c1ccc(C#N)nc1. The molecule has 1 heterocycles. The van der Waals surface area contributed by atoms with Gasteiger partial charge in [0.15, 0.2) is 0 Å². The van der Waals surface area contributed by atoms with Gasteiger partial charge in [0, 0.05) is 13.2 Å². The molecule has 0 radical (unpaired) electrons. The number of hydrogen-bond donors (Lipinski definition) is 0. The molecule has 0 aliphatic carbocycles. The van der Waals surface area contributed by atoms with Crippen LogP contribution in [0.5, 0.6) is 0 Å². The van der Waals surface area contributed by atoms with Gasteiger partial charge in [0.2, 0.25) is 0 Å². The first-order valence-corrected chi connectivity index (χ1v) is 3.87. The predicted octanol–water partition coefficient (Wildman–Crippen LogP) is 0.587. The van der Waals surface area contributed by atoms with Crippen molar-refractivity contribution in [2.24, 2.45) is 0 Å². The van der Waals surface area contributed by atoms with Gasteiger partial charge in [-0.1, -0.05) is 0 Å². The summed E-state index contributed by atoms with van der Waals surface area (Å²) in [5, 5.41) is 9.58. The van der Waals surface area contributed by atoms with Crippen molar-refractivity contribution < 1.29 is 9.63 Å². The third-order valence-corrected chi connectivity index (χ3v) is 1.68. The lowest BCUT2D eigenvalue weighted by atomic mass is 10.2. The van der Waals surface area contributed by atoms with Crippen LogP contribution in [-0.4, -0.2) is 30.1 Å². The van der Waals surface area contributed by atoms with Crippen molar-refractivity contribution in [3.05, 3.63) is 29.6 Å². The molecule has 0 spiro atoms. The van der Waals surface area contributed by atoms with Crippen LogP contribution < -0.4 is 0 Å². The molecule has 0 aliphatic rings. The largest absolute Gasteiger partial charge is 0.278 e. The highest BCUT2D eigenvalue weighted by Gasteiger charge is 2.10. The Labute approximate surface area is 81.5 Å². The van der Waals surface area contributed by atoms with Crippen molar-refractivity contribution in [2.75, 3.05) is 14.2 Å². The van der Waals surface area contributed by atoms with E-state index in [1.54, 1.807) is 0 Å². The molecule has 0 unspecified atom stereocenters. The molecule has 14 heavy (non-hydrogen) atoms. The lowest BCUT2D eigenvalue weighted by molar-refractivity contribution is -0.0757. The summed E-state index contributed by atoms with van der Waals surface area (Å²) in [6.45, 7) is 0. The molecule has 0 saturated heterocycles. The first-order chi connectivity index (χ1) is 6.69. The number of carbonyl (C=O) groups excluding carboxylic acids is 1. The van der Waals surface area contributed by atoms with Crippen LogP contribution in [0.4, 0.5) is 0 Å². The van der Waals surface area contributed by atoms with Crippen LogP contribution in [-0.2, 0) is 4.84 Å². The number of amides is 1. The number of hydrogen-bond acceptors (Lipinski definition) is 4. The zero-order chi connectivity index (χ0) is 10.6. The minimum atomic E-state index is -0.301. The molecule has 1 amide bonds. The fourth-order valence-corrected chi connectivity index (χ4v) is 0.851. The molecule has 0 aliphatic heterocycles. The predicted molar refractivity (Wildman–Crippen MR) is 48.1 cm³/mol. The van der Waals surface area contributed by atoms with E-state index < -0.39 is 0 Å². The van der Waals surface area contributed by atoms with Gasteiger partial charge < -0.3 is 0 Å². The van der Waals surface area contributed by atoms with Crippen molar-refractivity contribution in [1.29, 1.82) is 5.26 Å². The van der Waals surface area contributed by atoms with Gasteiger partial charge >= 0.3 is 0 Å². The van der Waals surface area contributed by atoms with Crippen LogP contribution in [0.2, 0.25) is 0 Å². The Morgan fingerprint density at radius 1 is 1.64 bits per heavy atom. The standard InChI is InChI=1S/C9H9N3O2/c1-12(14-2)9(13)7-3-4-8(5-10)11-6-7/h3-4,6H,1-2H3. The quantitative estimate of drug-likeness (QED) is 0.641. The van der Waals surface area contributed by atoms with Crippen molar-refractivity contribution >= 4 is 5.91 Å². The topological polar surface area (TPSA) is 66.2 Å². The van der Waals surface area contributed by atoms with Crippen LogP contribution >= 0.6 is 0 Å². The molecule has 0 atom stereocenters. The molecular weight excluding hydrogens is 182 g/mol. The van der Waals surface area contributed by atoms with Crippen molar-refractivity contribution in [3.8, 4) is 6.07 Å². The van der Waals surface area contributed by atoms with Crippen molar-refractivity contribution in [1.82, 2.24) is 10.0 Å². The second-order valence-electron chi connectivity index (χ2n) is 2.53. The minimum absolute atomic E-state index is 0.279. The first-order valence-electron chi connectivity index (χ1n) is 3.87. The summed E-state index contributed by atoms with van der Waals surface area (Å²) in [5.74, 6) is -0.301. The van der Waals surface area contributed by atoms with E-state index in [1.807, 2.05) is 6.07 Å². The second-order valence-corrected chi connectivity index (χ2v) is 2.53. The highest BCUT2D eigenvalue weighted by atomic mass is 16.7. The molecule has 1 aromatic heterocycles. The lowest BCUT2D eigenvalue weighted by Crippen LogP contribution is -2.25. The number of carbonyl (C=O) groups is 1. The molecule has 1 aromatic rings. The summed E-state index contributed by atoms with van der Waals surface area (Å²) in [7, 11) is 2.90. The van der Waals surface area contributed by atoms with Crippen molar-refractivity contribution in [2.45, 2.75) is 0 Å². The van der Waals surface area contributed by atoms with Gasteiger partial charge in [-0.3, -0.25) is 9.63 Å². The number of hydroxylamine groups is 2. The number of nitriles is 1. The van der Waals surface area contributed by atoms with Crippen LogP contribution in [0.25, 0.3) is 0 Å². The summed E-state index contributed by atoms with van der Waals surface area (Å²) in [4.78, 5) is 19.9. The molecule has 0 N–H and O–H groups in total. The third kappa shape index (κ3) is 2.06. The average Bonchev–Trinajstić information content (AvgIpc) is 2.27. The van der Waals surface area contributed by atoms with E-state index in [0.717, 1.165) is 5.06 Å². The maximum absolute atomic E-state index is 11.5. The van der Waals surface area contributed by atoms with Gasteiger partial charge in [-0.2, -0.15) is 5.26 Å². The van der Waals surface area contributed by atoms with Crippen LogP contribution in [0, 0.1) is 11.3 Å². The smallest absolute Gasteiger partial charge is 0.274 e. The molecule has 5 heteroatoms. The van der Waals surface area contributed by atoms with E-state index in [0.29, 0.717) is 5.56 Å². The van der Waals surface area contributed by atoms with E-state index in [1.165, 1.54) is 32.5 Å². The summed E-state index contributed by atoms with van der Waals surface area (Å²) in [6, 6.07) is 4.88. The Bertz CT molecular complexity index is 367. The van der Waals surface area contributed by atoms with Gasteiger partial charge in [-0.05, 0) is 12.1 Å². The Kier molecular flexibility index (Phi) is 3.15. The molecule has 0 saturated carbocycles. The Morgan fingerprint density at radius 3 is 2.79 bits per heavy atom. The van der Waals surface area contributed by atoms with E-state index in [2.05, 4.69) is 4.98 Å². The summed E-state index contributed by atoms with van der Waals surface area (Å²) < 4.78 is 0. The average molecular weight is 191 g/mol. The van der Waals surface area contributed by atoms with E-state index in [-0.39, 0.29) is 11.6 Å². The number of pyridine rings is 1. The fourth-order valence-electron chi connectivity index (χ4n) is 0.851. The Balaban J connectivity index is 2.88. The van der Waals surface area contributed by atoms with Crippen LogP contribution in [0.3, 0.4) is 0 Å². The molecule has 0 aromatic carbocycles. The zero-order valence-electron chi connectivity index (χ0n) is 7.89. The third-order valence-electron chi connectivity index (χ3n) is 1.68. The zero-order valence-corrected chi connectivity index (χ0v) is 7.89. The second kappa shape index (κ2) is 4.35. The monoisotopic (exact) mass is 191 g/mol. The lowest BCUT2D eigenvalue weighted by Gasteiger charge is -2.12. The summed E-state index contributed by atoms with van der Waals surface area (Å²) in [5.41, 5.74) is 0.662. The van der Waals surface area contributed by atoms with Crippen molar-refractivity contribution in [3.63, 3.8) is 0 Å². The maximum atomic E-state index is 11.5. The van der Waals surface area contributed by atoms with E-state index in [9.17, 15) is 4.79 Å². The molecule has 1 rings (SSSR count). The molecule has 0 bridgehead atoms. The van der Waals surface area contributed by atoms with Gasteiger partial charge in [0.05, 0.1) is 12.7 Å². The highest BCUT2D eigenvalue weighted by molar-refractivity contribution is 5.93. The van der Waals surface area contributed by atoms with Crippen LogP contribution in [0.1, 0.15) is 16.1 Å². The highest BCUT2D eigenvalue weighted by Crippen LogP contribution is 2.02. The fraction of sp³-hybridized carbons (Fsp3) is 0.222. The number of rotatable bonds is 2.